The van der Waals surface area contributed by atoms with Crippen molar-refractivity contribution in [3.8, 4) is 6.07 Å². The molecule has 0 fully saturated rings. The second-order valence-electron chi connectivity index (χ2n) is 2.98. The highest BCUT2D eigenvalue weighted by molar-refractivity contribution is 9.10. The second-order valence-corrected chi connectivity index (χ2v) is 4.35. The molecule has 0 amide bonds. The van der Waals surface area contributed by atoms with Gasteiger partial charge in [-0.05, 0) is 13.0 Å². The molecule has 1 atom stereocenters. The topological polar surface area (TPSA) is 57.9 Å². The molecule has 0 radical (unpaired) electrons. The zero-order valence-electron chi connectivity index (χ0n) is 8.03. The highest BCUT2D eigenvalue weighted by Gasteiger charge is 2.17. The summed E-state index contributed by atoms with van der Waals surface area (Å²) in [6.45, 7) is 1.68. The van der Waals surface area contributed by atoms with Gasteiger partial charge in [-0.1, -0.05) is 28.1 Å². The third-order valence-corrected chi connectivity index (χ3v) is 2.38. The Morgan fingerprint density at radius 3 is 2.73 bits per heavy atom. The molecule has 0 saturated heterocycles. The maximum absolute atomic E-state index is 11.7. The summed E-state index contributed by atoms with van der Waals surface area (Å²) in [5.41, 5.74) is 0.673. The fraction of sp³-hybridized carbons (Fsp3) is 0.182. The highest BCUT2D eigenvalue weighted by atomic mass is 79.9. The summed E-state index contributed by atoms with van der Waals surface area (Å²) in [6.07, 6.45) is 0.578. The van der Waals surface area contributed by atoms with Gasteiger partial charge >= 0.3 is 0 Å². The largest absolute Gasteiger partial charge is 0.298 e. The average Bonchev–Trinajstić information content (AvgIpc) is 2.26. The smallest absolute Gasteiger partial charge is 0.177 e. The minimum atomic E-state index is -0.369. The Bertz CT molecular complexity index is 446. The van der Waals surface area contributed by atoms with Crippen molar-refractivity contribution in [1.82, 2.24) is 0 Å². The lowest BCUT2D eigenvalue weighted by atomic mass is 9.98. The van der Waals surface area contributed by atoms with Gasteiger partial charge in [-0.25, -0.2) is 0 Å². The van der Waals surface area contributed by atoms with Crippen LogP contribution < -0.4 is 0 Å². The molecular weight excluding hydrogens is 258 g/mol. The quantitative estimate of drug-likeness (QED) is 0.479. The summed E-state index contributed by atoms with van der Waals surface area (Å²) >= 11 is 3.14. The predicted molar refractivity (Wildman–Crippen MR) is 59.3 cm³/mol. The Balaban J connectivity index is 3.37. The number of carbonyl (C=O) groups excluding carboxylic acids is 2. The van der Waals surface area contributed by atoms with Crippen LogP contribution >= 0.6 is 15.9 Å². The fourth-order valence-corrected chi connectivity index (χ4v) is 1.46. The van der Waals surface area contributed by atoms with Crippen LogP contribution in [-0.4, -0.2) is 16.9 Å². The summed E-state index contributed by atoms with van der Waals surface area (Å²) in [5, 5.41) is 8.88. The zero-order valence-corrected chi connectivity index (χ0v) is 9.61. The molecule has 0 aliphatic carbocycles. The molecular formula is C11H8BrNO2. The maximum Gasteiger partial charge on any atom is 0.177 e. The number of hydrogen-bond donors (Lipinski definition) is 0. The third-order valence-electron chi connectivity index (χ3n) is 1.96. The fourth-order valence-electron chi connectivity index (χ4n) is 1.21. The van der Waals surface area contributed by atoms with Gasteiger partial charge in [0.15, 0.2) is 12.1 Å². The number of halogens is 1. The Morgan fingerprint density at radius 1 is 1.60 bits per heavy atom. The average molecular weight is 266 g/mol. The number of nitriles is 1. The highest BCUT2D eigenvalue weighted by Crippen LogP contribution is 2.17. The second kappa shape index (κ2) is 4.85. The van der Waals surface area contributed by atoms with Crippen LogP contribution in [0, 0.1) is 11.3 Å². The van der Waals surface area contributed by atoms with E-state index in [4.69, 9.17) is 5.26 Å². The van der Waals surface area contributed by atoms with Crippen molar-refractivity contribution in [2.24, 2.45) is 0 Å². The van der Waals surface area contributed by atoms with E-state index in [2.05, 4.69) is 15.9 Å². The van der Waals surface area contributed by atoms with E-state index < -0.39 is 0 Å². The molecule has 4 heteroatoms. The molecule has 0 spiro atoms. The van der Waals surface area contributed by atoms with Crippen LogP contribution in [0.15, 0.2) is 18.2 Å². The van der Waals surface area contributed by atoms with Crippen LogP contribution in [-0.2, 0) is 0 Å². The van der Waals surface area contributed by atoms with E-state index in [-0.39, 0.29) is 27.3 Å². The molecule has 15 heavy (non-hydrogen) atoms. The van der Waals surface area contributed by atoms with Crippen molar-refractivity contribution < 1.29 is 9.59 Å². The predicted octanol–water partition coefficient (Wildman–Crippen LogP) is 2.34. The van der Waals surface area contributed by atoms with E-state index in [9.17, 15) is 9.59 Å². The minimum Gasteiger partial charge on any atom is -0.298 e. The molecule has 1 aromatic rings. The Kier molecular flexibility index (Phi) is 3.75. The molecule has 0 aliphatic heterocycles. The first-order valence-corrected chi connectivity index (χ1v) is 5.20. The van der Waals surface area contributed by atoms with Crippen LogP contribution in [0.1, 0.15) is 33.2 Å². The lowest BCUT2D eigenvalue weighted by molar-refractivity contribution is 0.0995. The zero-order chi connectivity index (χ0) is 11.4. The number of carbonyl (C=O) groups is 2. The summed E-state index contributed by atoms with van der Waals surface area (Å²) < 4.78 is 0. The van der Waals surface area contributed by atoms with E-state index in [0.717, 1.165) is 0 Å². The van der Waals surface area contributed by atoms with Crippen molar-refractivity contribution in [3.63, 3.8) is 0 Å². The molecule has 0 bridgehead atoms. The van der Waals surface area contributed by atoms with Crippen LogP contribution in [0.25, 0.3) is 0 Å². The number of hydrogen-bond acceptors (Lipinski definition) is 3. The number of nitrogens with zero attached hydrogens (tertiary/aromatic N) is 1. The Morgan fingerprint density at radius 2 is 2.27 bits per heavy atom. The molecule has 1 unspecified atom stereocenters. The van der Waals surface area contributed by atoms with E-state index in [1.165, 1.54) is 6.07 Å². The number of rotatable bonds is 3. The molecule has 3 nitrogen and oxygen atoms in total. The van der Waals surface area contributed by atoms with Gasteiger partial charge in [-0.15, -0.1) is 0 Å². The van der Waals surface area contributed by atoms with E-state index >= 15 is 0 Å². The lowest BCUT2D eigenvalue weighted by Gasteiger charge is -2.06. The van der Waals surface area contributed by atoms with Crippen LogP contribution in [0.3, 0.4) is 0 Å². The first kappa shape index (κ1) is 11.6. The van der Waals surface area contributed by atoms with E-state index in [1.807, 2.05) is 6.07 Å². The van der Waals surface area contributed by atoms with Crippen molar-refractivity contribution >= 4 is 28.0 Å². The third kappa shape index (κ3) is 2.31. The maximum atomic E-state index is 11.7. The molecule has 76 valence electrons. The van der Waals surface area contributed by atoms with Gasteiger partial charge in [0.2, 0.25) is 0 Å². The van der Waals surface area contributed by atoms with Gasteiger partial charge in [0.05, 0.1) is 10.4 Å². The van der Waals surface area contributed by atoms with Crippen LogP contribution in [0.4, 0.5) is 0 Å². The number of benzene rings is 1. The number of aldehydes is 1. The van der Waals surface area contributed by atoms with Crippen molar-refractivity contribution in [1.29, 1.82) is 5.26 Å². The summed E-state index contributed by atoms with van der Waals surface area (Å²) in [6, 6.07) is 6.53. The van der Waals surface area contributed by atoms with Gasteiger partial charge in [0.1, 0.15) is 6.07 Å². The Labute approximate surface area is 95.8 Å². The molecule has 1 aromatic carbocycles. The molecule has 0 aromatic heterocycles. The van der Waals surface area contributed by atoms with Gasteiger partial charge in [-0.3, -0.25) is 9.59 Å². The Hall–Kier alpha value is -1.47. The number of ketones is 1. The molecule has 0 heterocycles. The van der Waals surface area contributed by atoms with Crippen molar-refractivity contribution in [2.45, 2.75) is 11.8 Å². The van der Waals surface area contributed by atoms with Gasteiger partial charge in [0, 0.05) is 11.1 Å². The summed E-state index contributed by atoms with van der Waals surface area (Å²) in [5.74, 6) is -0.199. The molecule has 0 saturated carbocycles. The minimum absolute atomic E-state index is 0.142. The normalized spacial score (nSPS) is 11.5. The van der Waals surface area contributed by atoms with Crippen molar-refractivity contribution in [3.05, 3.63) is 34.9 Å². The molecule has 1 rings (SSSR count). The first-order valence-electron chi connectivity index (χ1n) is 4.28. The van der Waals surface area contributed by atoms with E-state index in [1.54, 1.807) is 19.1 Å². The number of alkyl halides is 1. The monoisotopic (exact) mass is 265 g/mol. The van der Waals surface area contributed by atoms with Crippen LogP contribution in [0.5, 0.6) is 0 Å². The van der Waals surface area contributed by atoms with Gasteiger partial charge in [0.25, 0.3) is 0 Å². The van der Waals surface area contributed by atoms with Gasteiger partial charge < -0.3 is 0 Å². The standard InChI is InChI=1S/C11H8BrNO2/c1-7(12)11(15)9-4-2-3-8(6-14)10(9)5-13/h2-4,6-7H,1H3. The molecule has 0 aliphatic rings. The SMILES string of the molecule is CC(Br)C(=O)c1cccc(C=O)c1C#N. The lowest BCUT2D eigenvalue weighted by Crippen LogP contribution is -2.12. The summed E-state index contributed by atoms with van der Waals surface area (Å²) in [7, 11) is 0. The summed E-state index contributed by atoms with van der Waals surface area (Å²) in [4.78, 5) is 22.0. The van der Waals surface area contributed by atoms with Gasteiger partial charge in [-0.2, -0.15) is 5.26 Å². The number of Topliss-reactive ketones (excluding diaryl/α,β-unsaturated/α-hetero) is 1. The van der Waals surface area contributed by atoms with Crippen LogP contribution in [0.2, 0.25) is 0 Å². The van der Waals surface area contributed by atoms with E-state index in [0.29, 0.717) is 6.29 Å². The van der Waals surface area contributed by atoms with Crippen molar-refractivity contribution in [2.75, 3.05) is 0 Å². The first-order chi connectivity index (χ1) is 7.11. The molecule has 0 N–H and O–H groups in total.